The maximum Gasteiger partial charge on any atom is 0.420 e. The minimum Gasteiger partial charge on any atom is -0.493 e. The number of rotatable bonds is 7. The molecule has 1 N–H and O–H groups in total. The van der Waals surface area contributed by atoms with Gasteiger partial charge in [-0.3, -0.25) is 0 Å². The van der Waals surface area contributed by atoms with E-state index in [-0.39, 0.29) is 11.4 Å². The molecule has 3 nitrogen and oxygen atoms in total. The fourth-order valence-electron chi connectivity index (χ4n) is 2.07. The van der Waals surface area contributed by atoms with Gasteiger partial charge in [0.05, 0.1) is 24.2 Å². The summed E-state index contributed by atoms with van der Waals surface area (Å²) in [6, 6.07) is 3.48. The van der Waals surface area contributed by atoms with Crippen LogP contribution in [0.5, 0.6) is 5.75 Å². The molecule has 0 atom stereocenters. The maximum absolute atomic E-state index is 13.2. The van der Waals surface area contributed by atoms with Crippen molar-refractivity contribution in [3.05, 3.63) is 23.3 Å². The van der Waals surface area contributed by atoms with Crippen molar-refractivity contribution < 1.29 is 17.9 Å². The Kier molecular flexibility index (Phi) is 6.67. The molecule has 0 aliphatic rings. The first-order chi connectivity index (χ1) is 10.5. The van der Waals surface area contributed by atoms with Crippen molar-refractivity contribution >= 4 is 20.1 Å². The number of ether oxygens (including phenoxy) is 1. The van der Waals surface area contributed by atoms with Crippen molar-refractivity contribution in [1.82, 2.24) is 5.32 Å². The van der Waals surface area contributed by atoms with Crippen molar-refractivity contribution in [2.24, 2.45) is 4.99 Å². The first-order valence-corrected chi connectivity index (χ1v) is 11.3. The van der Waals surface area contributed by atoms with E-state index in [0.717, 1.165) is 18.5 Å². The van der Waals surface area contributed by atoms with E-state index in [0.29, 0.717) is 12.2 Å². The number of aryl methyl sites for hydroxylation is 1. The fraction of sp³-hybridized carbons (Fsp3) is 0.562. The van der Waals surface area contributed by atoms with E-state index in [1.54, 1.807) is 14.0 Å². The number of halogens is 3. The van der Waals surface area contributed by atoms with Gasteiger partial charge in [-0.2, -0.15) is 13.2 Å². The van der Waals surface area contributed by atoms with E-state index in [9.17, 15) is 13.2 Å². The van der Waals surface area contributed by atoms with Crippen LogP contribution in [0.4, 0.5) is 18.9 Å². The minimum absolute atomic E-state index is 0.117. The zero-order chi connectivity index (χ0) is 17.7. The van der Waals surface area contributed by atoms with Crippen LogP contribution in [0.25, 0.3) is 0 Å². The van der Waals surface area contributed by atoms with Crippen LogP contribution in [0.15, 0.2) is 17.1 Å². The monoisotopic (exact) mass is 346 g/mol. The number of nitrogens with one attached hydrogen (secondary N) is 1. The average molecular weight is 346 g/mol. The number of hydrogen-bond acceptors (Lipinski definition) is 2. The number of alkyl halides is 3. The summed E-state index contributed by atoms with van der Waals surface area (Å²) in [6.07, 6.45) is -2.34. The first-order valence-electron chi connectivity index (χ1n) is 7.59. The van der Waals surface area contributed by atoms with Crippen LogP contribution in [0, 0.1) is 6.92 Å². The van der Waals surface area contributed by atoms with Crippen molar-refractivity contribution in [2.75, 3.05) is 13.7 Å². The average Bonchev–Trinajstić information content (AvgIpc) is 2.40. The lowest BCUT2D eigenvalue weighted by Crippen LogP contribution is -2.20. The lowest BCUT2D eigenvalue weighted by molar-refractivity contribution is -0.138. The largest absolute Gasteiger partial charge is 0.493 e. The second-order valence-corrected chi connectivity index (χ2v) is 12.3. The molecule has 0 saturated heterocycles. The van der Waals surface area contributed by atoms with Gasteiger partial charge in [-0.05, 0) is 31.0 Å². The Balaban J connectivity index is 2.97. The summed E-state index contributed by atoms with van der Waals surface area (Å²) in [6.45, 7) is 8.70. The van der Waals surface area contributed by atoms with Crippen molar-refractivity contribution in [3.63, 3.8) is 0 Å². The second kappa shape index (κ2) is 7.85. The lowest BCUT2D eigenvalue weighted by Gasteiger charge is -2.18. The molecule has 0 aromatic heterocycles. The molecule has 130 valence electrons. The Bertz CT molecular complexity index is 551. The molecular weight excluding hydrogens is 321 g/mol. The molecule has 0 bridgehead atoms. The molecule has 0 amide bonds. The SMILES string of the molecule is CN/C=N/c1cc(C(F)(F)F)c(OCCC[Si](C)(C)C)cc1C. The van der Waals surface area contributed by atoms with Gasteiger partial charge in [0, 0.05) is 15.1 Å². The van der Waals surface area contributed by atoms with Gasteiger partial charge in [0.2, 0.25) is 0 Å². The molecule has 0 spiro atoms. The molecule has 0 unspecified atom stereocenters. The molecule has 23 heavy (non-hydrogen) atoms. The van der Waals surface area contributed by atoms with Crippen molar-refractivity contribution in [3.8, 4) is 5.75 Å². The highest BCUT2D eigenvalue weighted by atomic mass is 28.3. The zero-order valence-electron chi connectivity index (χ0n) is 14.3. The van der Waals surface area contributed by atoms with Gasteiger partial charge >= 0.3 is 6.18 Å². The Morgan fingerprint density at radius 1 is 1.26 bits per heavy atom. The van der Waals surface area contributed by atoms with Gasteiger partial charge in [-0.1, -0.05) is 25.7 Å². The van der Waals surface area contributed by atoms with E-state index >= 15 is 0 Å². The second-order valence-electron chi connectivity index (χ2n) is 6.69. The Morgan fingerprint density at radius 2 is 1.91 bits per heavy atom. The Labute approximate surface area is 137 Å². The summed E-state index contributed by atoms with van der Waals surface area (Å²) in [4.78, 5) is 3.98. The highest BCUT2D eigenvalue weighted by Crippen LogP contribution is 2.40. The van der Waals surface area contributed by atoms with Crippen LogP contribution in [0.3, 0.4) is 0 Å². The molecule has 1 aromatic carbocycles. The molecule has 0 fully saturated rings. The maximum atomic E-state index is 13.2. The quantitative estimate of drug-likeness (QED) is 0.326. The number of hydrogen-bond donors (Lipinski definition) is 1. The van der Waals surface area contributed by atoms with Gasteiger partial charge in [-0.15, -0.1) is 0 Å². The zero-order valence-corrected chi connectivity index (χ0v) is 15.3. The van der Waals surface area contributed by atoms with Gasteiger partial charge in [0.1, 0.15) is 5.75 Å². The van der Waals surface area contributed by atoms with E-state index in [4.69, 9.17) is 4.74 Å². The van der Waals surface area contributed by atoms with Gasteiger partial charge in [-0.25, -0.2) is 4.99 Å². The summed E-state index contributed by atoms with van der Waals surface area (Å²) in [5.41, 5.74) is 0.144. The molecule has 1 rings (SSSR count). The summed E-state index contributed by atoms with van der Waals surface area (Å²) in [5.74, 6) is -0.117. The van der Waals surface area contributed by atoms with Crippen LogP contribution < -0.4 is 10.1 Å². The van der Waals surface area contributed by atoms with Crippen LogP contribution in [0.2, 0.25) is 25.7 Å². The summed E-state index contributed by atoms with van der Waals surface area (Å²) in [7, 11) is 0.430. The third kappa shape index (κ3) is 6.64. The number of aliphatic imine (C=N–C) groups is 1. The predicted molar refractivity (Wildman–Crippen MR) is 91.7 cm³/mol. The number of benzene rings is 1. The molecule has 0 aliphatic heterocycles. The predicted octanol–water partition coefficient (Wildman–Crippen LogP) is 5.00. The third-order valence-electron chi connectivity index (χ3n) is 3.26. The van der Waals surface area contributed by atoms with Crippen LogP contribution >= 0.6 is 0 Å². The normalized spacial score (nSPS) is 12.7. The molecule has 0 saturated carbocycles. The lowest BCUT2D eigenvalue weighted by atomic mass is 10.1. The first kappa shape index (κ1) is 19.5. The molecule has 0 radical (unpaired) electrons. The topological polar surface area (TPSA) is 33.6 Å². The summed E-state index contributed by atoms with van der Waals surface area (Å²) < 4.78 is 45.2. The smallest absolute Gasteiger partial charge is 0.420 e. The molecule has 0 heterocycles. The van der Waals surface area contributed by atoms with Gasteiger partial charge < -0.3 is 10.1 Å². The molecule has 0 aliphatic carbocycles. The van der Waals surface area contributed by atoms with E-state index in [1.165, 1.54) is 12.4 Å². The standard InChI is InChI=1S/C16H25F3N2OSi/c1-12-9-15(22-7-6-8-23(3,4)5)13(16(17,18)19)10-14(12)21-11-20-2/h9-11H,6-8H2,1-5H3,(H,20,21). The van der Waals surface area contributed by atoms with E-state index < -0.39 is 19.8 Å². The third-order valence-corrected chi connectivity index (χ3v) is 5.12. The molecule has 7 heteroatoms. The molecular formula is C16H25F3N2OSi. The van der Waals surface area contributed by atoms with Gasteiger partial charge in [0.15, 0.2) is 0 Å². The van der Waals surface area contributed by atoms with Crippen molar-refractivity contribution in [1.29, 1.82) is 0 Å². The Hall–Kier alpha value is -1.50. The fourth-order valence-corrected chi connectivity index (χ4v) is 3.27. The Morgan fingerprint density at radius 3 is 2.43 bits per heavy atom. The molecule has 1 aromatic rings. The number of nitrogens with zero attached hydrogens (tertiary/aromatic N) is 1. The minimum atomic E-state index is -4.47. The van der Waals surface area contributed by atoms with Crippen LogP contribution in [-0.4, -0.2) is 28.1 Å². The summed E-state index contributed by atoms with van der Waals surface area (Å²) >= 11 is 0. The van der Waals surface area contributed by atoms with Gasteiger partial charge in [0.25, 0.3) is 0 Å². The van der Waals surface area contributed by atoms with Crippen molar-refractivity contribution in [2.45, 2.75) is 45.2 Å². The summed E-state index contributed by atoms with van der Waals surface area (Å²) in [5, 5.41) is 2.67. The van der Waals surface area contributed by atoms with E-state index in [2.05, 4.69) is 30.0 Å². The van der Waals surface area contributed by atoms with Crippen LogP contribution in [-0.2, 0) is 6.18 Å². The highest BCUT2D eigenvalue weighted by Gasteiger charge is 2.35. The highest BCUT2D eigenvalue weighted by molar-refractivity contribution is 6.76. The van der Waals surface area contributed by atoms with E-state index in [1.807, 2.05) is 0 Å². The van der Waals surface area contributed by atoms with Crippen LogP contribution in [0.1, 0.15) is 17.5 Å².